The fourth-order valence-electron chi connectivity index (χ4n) is 3.49. The van der Waals surface area contributed by atoms with Crippen molar-refractivity contribution < 1.29 is 9.53 Å². The summed E-state index contributed by atoms with van der Waals surface area (Å²) >= 11 is 0. The number of ether oxygens (including phenoxy) is 1. The van der Waals surface area contributed by atoms with Crippen molar-refractivity contribution in [1.82, 2.24) is 4.90 Å². The number of urea groups is 1. The zero-order valence-electron chi connectivity index (χ0n) is 15.3. The Morgan fingerprint density at radius 3 is 2.30 bits per heavy atom. The number of carbonyl (C=O) groups is 1. The monoisotopic (exact) mass is 358 g/mol. The molecule has 3 aromatic rings. The van der Waals surface area contributed by atoms with Gasteiger partial charge in [-0.25, -0.2) is 4.79 Å². The van der Waals surface area contributed by atoms with Gasteiger partial charge in [0.25, 0.3) is 0 Å². The molecule has 0 unspecified atom stereocenters. The van der Waals surface area contributed by atoms with E-state index in [1.807, 2.05) is 64.4 Å². The molecule has 0 N–H and O–H groups in total. The molecule has 0 radical (unpaired) electrons. The van der Waals surface area contributed by atoms with E-state index in [1.165, 1.54) is 11.1 Å². The van der Waals surface area contributed by atoms with Crippen molar-refractivity contribution in [3.05, 3.63) is 84.4 Å². The number of methoxy groups -OCH3 is 1. The molecule has 0 bridgehead atoms. The first kappa shape index (κ1) is 17.2. The summed E-state index contributed by atoms with van der Waals surface area (Å²) in [5.41, 5.74) is 4.41. The molecule has 27 heavy (non-hydrogen) atoms. The second-order valence-electron chi connectivity index (χ2n) is 6.58. The highest BCUT2D eigenvalue weighted by atomic mass is 16.5. The average molecular weight is 358 g/mol. The van der Waals surface area contributed by atoms with Crippen LogP contribution in [0.15, 0.2) is 78.9 Å². The Labute approximate surface area is 159 Å². The SMILES string of the molecule is COc1ccc(N2CCN(Cc3ccccc3-c3ccccc3)C2=O)cc1. The lowest BCUT2D eigenvalue weighted by Gasteiger charge is -2.20. The van der Waals surface area contributed by atoms with Gasteiger partial charge in [-0.3, -0.25) is 4.90 Å². The summed E-state index contributed by atoms with van der Waals surface area (Å²) in [6.45, 7) is 2.02. The Hall–Kier alpha value is -3.27. The molecule has 4 nitrogen and oxygen atoms in total. The van der Waals surface area contributed by atoms with Crippen LogP contribution in [0.25, 0.3) is 11.1 Å². The number of benzene rings is 3. The Morgan fingerprint density at radius 1 is 0.852 bits per heavy atom. The molecule has 1 saturated heterocycles. The van der Waals surface area contributed by atoms with Crippen LogP contribution in [-0.2, 0) is 6.54 Å². The second kappa shape index (κ2) is 7.54. The van der Waals surface area contributed by atoms with Gasteiger partial charge in [0.2, 0.25) is 0 Å². The number of amides is 2. The number of hydrogen-bond acceptors (Lipinski definition) is 2. The van der Waals surface area contributed by atoms with Crippen molar-refractivity contribution in [3.8, 4) is 16.9 Å². The van der Waals surface area contributed by atoms with E-state index >= 15 is 0 Å². The molecule has 1 aliphatic rings. The number of hydrogen-bond donors (Lipinski definition) is 0. The molecule has 2 amide bonds. The topological polar surface area (TPSA) is 32.8 Å². The summed E-state index contributed by atoms with van der Waals surface area (Å²) in [5, 5.41) is 0. The van der Waals surface area contributed by atoms with E-state index in [0.717, 1.165) is 17.0 Å². The Bertz CT molecular complexity index is 923. The lowest BCUT2D eigenvalue weighted by Crippen LogP contribution is -2.31. The summed E-state index contributed by atoms with van der Waals surface area (Å²) in [6.07, 6.45) is 0. The minimum absolute atomic E-state index is 0.0445. The van der Waals surface area contributed by atoms with Crippen molar-refractivity contribution in [2.75, 3.05) is 25.1 Å². The van der Waals surface area contributed by atoms with Crippen molar-refractivity contribution in [1.29, 1.82) is 0 Å². The zero-order valence-corrected chi connectivity index (χ0v) is 15.3. The zero-order chi connectivity index (χ0) is 18.6. The van der Waals surface area contributed by atoms with Crippen molar-refractivity contribution in [2.45, 2.75) is 6.54 Å². The molecule has 0 saturated carbocycles. The molecule has 1 aliphatic heterocycles. The van der Waals surface area contributed by atoms with Crippen LogP contribution < -0.4 is 9.64 Å². The van der Waals surface area contributed by atoms with Crippen LogP contribution in [0.5, 0.6) is 5.75 Å². The summed E-state index contributed by atoms with van der Waals surface area (Å²) < 4.78 is 5.20. The predicted octanol–water partition coefficient (Wildman–Crippen LogP) is 4.80. The molecule has 136 valence electrons. The van der Waals surface area contributed by atoms with Crippen LogP contribution >= 0.6 is 0 Å². The highest BCUT2D eigenvalue weighted by Gasteiger charge is 2.29. The summed E-state index contributed by atoms with van der Waals surface area (Å²) in [5.74, 6) is 0.791. The molecular formula is C23H22N2O2. The van der Waals surface area contributed by atoms with Crippen molar-refractivity contribution in [3.63, 3.8) is 0 Å². The third kappa shape index (κ3) is 3.51. The van der Waals surface area contributed by atoms with Gasteiger partial charge >= 0.3 is 6.03 Å². The largest absolute Gasteiger partial charge is 0.497 e. The van der Waals surface area contributed by atoms with Crippen LogP contribution in [0, 0.1) is 0 Å². The first-order chi connectivity index (χ1) is 13.3. The lowest BCUT2D eigenvalue weighted by atomic mass is 9.99. The van der Waals surface area contributed by atoms with Crippen molar-refractivity contribution >= 4 is 11.7 Å². The van der Waals surface area contributed by atoms with Gasteiger partial charge in [0.15, 0.2) is 0 Å². The van der Waals surface area contributed by atoms with E-state index < -0.39 is 0 Å². The van der Waals surface area contributed by atoms with Gasteiger partial charge in [-0.15, -0.1) is 0 Å². The third-order valence-electron chi connectivity index (χ3n) is 4.94. The molecule has 1 heterocycles. The quantitative estimate of drug-likeness (QED) is 0.656. The summed E-state index contributed by atoms with van der Waals surface area (Å²) in [4.78, 5) is 16.7. The van der Waals surface area contributed by atoms with Crippen LogP contribution in [0.1, 0.15) is 5.56 Å². The predicted molar refractivity (Wildman–Crippen MR) is 108 cm³/mol. The fourth-order valence-corrected chi connectivity index (χ4v) is 3.49. The van der Waals surface area contributed by atoms with E-state index in [2.05, 4.69) is 24.3 Å². The van der Waals surface area contributed by atoms with E-state index in [4.69, 9.17) is 4.74 Å². The molecule has 4 heteroatoms. The van der Waals surface area contributed by atoms with Crippen LogP contribution in [0.4, 0.5) is 10.5 Å². The normalized spacial score (nSPS) is 13.9. The molecular weight excluding hydrogens is 336 g/mol. The highest BCUT2D eigenvalue weighted by Crippen LogP contribution is 2.28. The van der Waals surface area contributed by atoms with Crippen LogP contribution in [0.2, 0.25) is 0 Å². The number of rotatable bonds is 5. The maximum Gasteiger partial charge on any atom is 0.324 e. The fraction of sp³-hybridized carbons (Fsp3) is 0.174. The third-order valence-corrected chi connectivity index (χ3v) is 4.94. The number of anilines is 1. The smallest absolute Gasteiger partial charge is 0.324 e. The number of carbonyl (C=O) groups excluding carboxylic acids is 1. The summed E-state index contributed by atoms with van der Waals surface area (Å²) in [7, 11) is 1.64. The Morgan fingerprint density at radius 2 is 1.56 bits per heavy atom. The first-order valence-electron chi connectivity index (χ1n) is 9.10. The van der Waals surface area contributed by atoms with Crippen LogP contribution in [0.3, 0.4) is 0 Å². The minimum Gasteiger partial charge on any atom is -0.497 e. The van der Waals surface area contributed by atoms with Crippen molar-refractivity contribution in [2.24, 2.45) is 0 Å². The minimum atomic E-state index is 0.0445. The average Bonchev–Trinajstić information content (AvgIpc) is 3.09. The highest BCUT2D eigenvalue weighted by molar-refractivity contribution is 5.94. The van der Waals surface area contributed by atoms with Gasteiger partial charge in [-0.05, 0) is 41.0 Å². The van der Waals surface area contributed by atoms with Gasteiger partial charge in [-0.2, -0.15) is 0 Å². The maximum atomic E-state index is 12.9. The molecule has 1 fully saturated rings. The standard InChI is InChI=1S/C23H22N2O2/c1-27-21-13-11-20(12-14-21)25-16-15-24(23(25)26)17-19-9-5-6-10-22(19)18-7-3-2-4-8-18/h2-14H,15-17H2,1H3. The molecule has 0 aromatic heterocycles. The molecule has 4 rings (SSSR count). The van der Waals surface area contributed by atoms with E-state index in [0.29, 0.717) is 19.6 Å². The van der Waals surface area contributed by atoms with Gasteiger partial charge in [0.1, 0.15) is 5.75 Å². The van der Waals surface area contributed by atoms with Gasteiger partial charge < -0.3 is 9.64 Å². The summed E-state index contributed by atoms with van der Waals surface area (Å²) in [6, 6.07) is 26.3. The van der Waals surface area contributed by atoms with E-state index in [-0.39, 0.29) is 6.03 Å². The van der Waals surface area contributed by atoms with E-state index in [9.17, 15) is 4.79 Å². The second-order valence-corrected chi connectivity index (χ2v) is 6.58. The first-order valence-corrected chi connectivity index (χ1v) is 9.10. The van der Waals surface area contributed by atoms with Gasteiger partial charge in [0.05, 0.1) is 7.11 Å². The van der Waals surface area contributed by atoms with Gasteiger partial charge in [0, 0.05) is 25.3 Å². The molecule has 0 atom stereocenters. The Balaban J connectivity index is 1.54. The van der Waals surface area contributed by atoms with Crippen LogP contribution in [-0.4, -0.2) is 31.1 Å². The van der Waals surface area contributed by atoms with Gasteiger partial charge in [-0.1, -0.05) is 54.6 Å². The maximum absolute atomic E-state index is 12.9. The number of nitrogens with zero attached hydrogens (tertiary/aromatic N) is 2. The Kier molecular flexibility index (Phi) is 4.79. The molecule has 0 spiro atoms. The molecule has 0 aliphatic carbocycles. The van der Waals surface area contributed by atoms with E-state index in [1.54, 1.807) is 7.11 Å². The lowest BCUT2D eigenvalue weighted by molar-refractivity contribution is 0.219. The molecule has 3 aromatic carbocycles.